The molecule has 3 aromatic carbocycles. The van der Waals surface area contributed by atoms with E-state index in [0.29, 0.717) is 36.3 Å². The number of carboxylic acid groups (broad SMARTS) is 1. The third-order valence-corrected chi connectivity index (χ3v) is 6.28. The maximum atomic E-state index is 13.2. The van der Waals surface area contributed by atoms with E-state index in [1.807, 2.05) is 30.3 Å². The van der Waals surface area contributed by atoms with E-state index in [4.69, 9.17) is 11.1 Å². The lowest BCUT2D eigenvalue weighted by Gasteiger charge is -2.24. The Hall–Kier alpha value is -4.66. The third kappa shape index (κ3) is 6.52. The van der Waals surface area contributed by atoms with Crippen molar-refractivity contribution in [3.05, 3.63) is 101 Å². The molecule has 0 aliphatic carbocycles. The average Bonchev–Trinajstić information content (AvgIpc) is 3.02. The molecule has 0 fully saturated rings. The number of carbonyl (C=O) groups is 3. The number of fused-ring (bicyclic) bond motifs is 1. The number of nitrogens with one attached hydrogen (secondary N) is 3. The number of hydrogen-bond acceptors (Lipinski definition) is 5. The third-order valence-electron chi connectivity index (χ3n) is 6.28. The average molecular weight is 500 g/mol. The zero-order chi connectivity index (χ0) is 26.4. The van der Waals surface area contributed by atoms with E-state index in [-0.39, 0.29) is 30.6 Å². The van der Waals surface area contributed by atoms with Crippen molar-refractivity contribution in [3.8, 4) is 0 Å². The highest BCUT2D eigenvalue weighted by molar-refractivity contribution is 5.97. The fraction of sp³-hybridized carbons (Fsp3) is 0.214. The summed E-state index contributed by atoms with van der Waals surface area (Å²) in [4.78, 5) is 39.2. The molecule has 3 aromatic rings. The molecule has 9 nitrogen and oxygen atoms in total. The molecular formula is C28H29N5O4. The lowest BCUT2D eigenvalue weighted by Crippen LogP contribution is -2.42. The predicted molar refractivity (Wildman–Crippen MR) is 140 cm³/mol. The maximum Gasteiger partial charge on any atom is 0.305 e. The van der Waals surface area contributed by atoms with Gasteiger partial charge < -0.3 is 26.4 Å². The van der Waals surface area contributed by atoms with E-state index < -0.39 is 12.0 Å². The molecule has 0 aromatic heterocycles. The van der Waals surface area contributed by atoms with Crippen molar-refractivity contribution in [2.75, 3.05) is 11.9 Å². The van der Waals surface area contributed by atoms with E-state index >= 15 is 0 Å². The molecule has 0 bridgehead atoms. The van der Waals surface area contributed by atoms with Gasteiger partial charge in [-0.1, -0.05) is 60.7 Å². The van der Waals surface area contributed by atoms with Gasteiger partial charge in [-0.2, -0.15) is 0 Å². The van der Waals surface area contributed by atoms with E-state index in [1.165, 1.54) is 0 Å². The summed E-state index contributed by atoms with van der Waals surface area (Å²) in [6.45, 7) is 1.05. The number of rotatable bonds is 9. The highest BCUT2D eigenvalue weighted by atomic mass is 16.4. The van der Waals surface area contributed by atoms with Crippen LogP contribution in [0.5, 0.6) is 0 Å². The normalized spacial score (nSPS) is 14.8. The highest BCUT2D eigenvalue weighted by Gasteiger charge is 2.31. The number of nitrogens with zero attached hydrogens (tertiary/aromatic N) is 1. The first-order valence-corrected chi connectivity index (χ1v) is 12.0. The molecule has 37 heavy (non-hydrogen) atoms. The van der Waals surface area contributed by atoms with Gasteiger partial charge >= 0.3 is 5.97 Å². The van der Waals surface area contributed by atoms with Crippen LogP contribution in [0.3, 0.4) is 0 Å². The van der Waals surface area contributed by atoms with E-state index in [2.05, 4.69) is 10.6 Å². The van der Waals surface area contributed by atoms with Gasteiger partial charge in [0.2, 0.25) is 5.91 Å². The highest BCUT2D eigenvalue weighted by Crippen LogP contribution is 2.26. The summed E-state index contributed by atoms with van der Waals surface area (Å²) in [5, 5.41) is 22.8. The summed E-state index contributed by atoms with van der Waals surface area (Å²) in [7, 11) is 0. The Bertz CT molecular complexity index is 1310. The summed E-state index contributed by atoms with van der Waals surface area (Å²) < 4.78 is 0. The van der Waals surface area contributed by atoms with E-state index in [0.717, 1.165) is 16.7 Å². The van der Waals surface area contributed by atoms with Gasteiger partial charge in [-0.15, -0.1) is 0 Å². The molecule has 1 atom stereocenters. The Balaban J connectivity index is 1.49. The maximum absolute atomic E-state index is 13.2. The molecule has 190 valence electrons. The minimum Gasteiger partial charge on any atom is -0.481 e. The van der Waals surface area contributed by atoms with Crippen LogP contribution in [-0.4, -0.2) is 46.2 Å². The Morgan fingerprint density at radius 2 is 1.73 bits per heavy atom. The molecule has 6 N–H and O–H groups in total. The number of aliphatic carboxylic acids is 1. The summed E-state index contributed by atoms with van der Waals surface area (Å²) in [5.41, 5.74) is 9.80. The fourth-order valence-electron chi connectivity index (χ4n) is 4.24. The standard InChI is InChI=1S/C28H29N5O4/c29-26(30)20-8-6-19(7-9-20)16-31-27(36)21-10-11-22-17-33(13-12-18-4-2-1-3-5-18)28(37)24(15-25(34)35)32-23(22)14-21/h1-11,14,24,32H,12-13,15-17H2,(H3,29,30)(H,31,36)(H,34,35). The Morgan fingerprint density at radius 1 is 1.03 bits per heavy atom. The minimum atomic E-state index is -1.08. The molecule has 1 aliphatic heterocycles. The summed E-state index contributed by atoms with van der Waals surface area (Å²) in [6, 6.07) is 21.0. The summed E-state index contributed by atoms with van der Waals surface area (Å²) in [5.74, 6) is -1.69. The zero-order valence-corrected chi connectivity index (χ0v) is 20.2. The van der Waals surface area contributed by atoms with E-state index in [1.54, 1.807) is 47.4 Å². The molecular weight excluding hydrogens is 470 g/mol. The molecule has 0 spiro atoms. The number of amidine groups is 1. The van der Waals surface area contributed by atoms with Crippen LogP contribution in [0.2, 0.25) is 0 Å². The molecule has 0 saturated heterocycles. The van der Waals surface area contributed by atoms with Crippen LogP contribution in [-0.2, 0) is 29.1 Å². The lowest BCUT2D eigenvalue weighted by atomic mass is 10.1. The molecule has 1 unspecified atom stereocenters. The van der Waals surface area contributed by atoms with Crippen molar-refractivity contribution in [2.24, 2.45) is 5.73 Å². The first kappa shape index (κ1) is 25.4. The van der Waals surface area contributed by atoms with Gasteiger partial charge in [0, 0.05) is 36.4 Å². The van der Waals surface area contributed by atoms with Crippen LogP contribution in [0, 0.1) is 5.41 Å². The van der Waals surface area contributed by atoms with Gasteiger partial charge in [-0.3, -0.25) is 19.8 Å². The number of amides is 2. The molecule has 0 saturated carbocycles. The number of benzene rings is 3. The SMILES string of the molecule is N=C(N)c1ccc(CNC(=O)c2ccc3c(c2)NC(CC(=O)O)C(=O)N(CCc2ccccc2)C3)cc1. The number of anilines is 1. The van der Waals surface area contributed by atoms with Crippen LogP contribution in [0.4, 0.5) is 5.69 Å². The van der Waals surface area contributed by atoms with Crippen LogP contribution in [0.15, 0.2) is 72.8 Å². The number of carbonyl (C=O) groups excluding carboxylic acids is 2. The van der Waals surface area contributed by atoms with Gasteiger partial charge in [-0.25, -0.2) is 0 Å². The first-order valence-electron chi connectivity index (χ1n) is 12.0. The predicted octanol–water partition coefficient (Wildman–Crippen LogP) is 2.74. The monoisotopic (exact) mass is 499 g/mol. The van der Waals surface area contributed by atoms with Crippen molar-refractivity contribution in [2.45, 2.75) is 32.0 Å². The number of carboxylic acids is 1. The van der Waals surface area contributed by atoms with Gasteiger partial charge in [-0.05, 0) is 35.2 Å². The van der Waals surface area contributed by atoms with Crippen molar-refractivity contribution in [1.29, 1.82) is 5.41 Å². The van der Waals surface area contributed by atoms with Crippen LogP contribution < -0.4 is 16.4 Å². The van der Waals surface area contributed by atoms with Gasteiger partial charge in [0.05, 0.1) is 6.42 Å². The molecule has 1 heterocycles. The van der Waals surface area contributed by atoms with Crippen molar-refractivity contribution in [1.82, 2.24) is 10.2 Å². The summed E-state index contributed by atoms with van der Waals surface area (Å²) in [6.07, 6.45) is 0.280. The Labute approximate surface area is 214 Å². The molecule has 2 amide bonds. The number of nitrogens with two attached hydrogens (primary N) is 1. The lowest BCUT2D eigenvalue weighted by molar-refractivity contribution is -0.141. The Kier molecular flexibility index (Phi) is 7.83. The largest absolute Gasteiger partial charge is 0.481 e. The van der Waals surface area contributed by atoms with Gasteiger partial charge in [0.25, 0.3) is 5.91 Å². The molecule has 4 rings (SSSR count). The second-order valence-corrected chi connectivity index (χ2v) is 8.96. The number of nitrogen functional groups attached to an aromatic ring is 1. The topological polar surface area (TPSA) is 149 Å². The van der Waals surface area contributed by atoms with Crippen LogP contribution in [0.1, 0.15) is 39.0 Å². The van der Waals surface area contributed by atoms with Crippen LogP contribution in [0.25, 0.3) is 0 Å². The smallest absolute Gasteiger partial charge is 0.305 e. The van der Waals surface area contributed by atoms with Crippen molar-refractivity contribution in [3.63, 3.8) is 0 Å². The second-order valence-electron chi connectivity index (χ2n) is 8.96. The van der Waals surface area contributed by atoms with Crippen molar-refractivity contribution < 1.29 is 19.5 Å². The molecule has 9 heteroatoms. The zero-order valence-electron chi connectivity index (χ0n) is 20.2. The Morgan fingerprint density at radius 3 is 2.41 bits per heavy atom. The van der Waals surface area contributed by atoms with Crippen molar-refractivity contribution >= 4 is 29.3 Å². The quantitative estimate of drug-likeness (QED) is 0.226. The molecule has 0 radical (unpaired) electrons. The molecule has 1 aliphatic rings. The van der Waals surface area contributed by atoms with E-state index in [9.17, 15) is 19.5 Å². The minimum absolute atomic E-state index is 0.0219. The van der Waals surface area contributed by atoms with Gasteiger partial charge in [0.1, 0.15) is 11.9 Å². The fourth-order valence-corrected chi connectivity index (χ4v) is 4.24. The summed E-state index contributed by atoms with van der Waals surface area (Å²) >= 11 is 0. The second kappa shape index (κ2) is 11.4. The van der Waals surface area contributed by atoms with Crippen LogP contribution >= 0.6 is 0 Å². The van der Waals surface area contributed by atoms with Gasteiger partial charge in [0.15, 0.2) is 0 Å². The first-order chi connectivity index (χ1) is 17.8. The number of hydrogen-bond donors (Lipinski definition) is 5.